The summed E-state index contributed by atoms with van der Waals surface area (Å²) in [5, 5.41) is 0. The number of ether oxygens (including phenoxy) is 1. The van der Waals surface area contributed by atoms with E-state index in [4.69, 9.17) is 10.5 Å². The molecule has 0 saturated heterocycles. The van der Waals surface area contributed by atoms with Crippen molar-refractivity contribution in [2.24, 2.45) is 5.73 Å². The van der Waals surface area contributed by atoms with Gasteiger partial charge in [-0.25, -0.2) is 0 Å². The van der Waals surface area contributed by atoms with E-state index in [0.29, 0.717) is 6.54 Å². The molecular formula is C11H18N2O. The predicted octanol–water partition coefficient (Wildman–Crippen LogP) is 1.90. The second kappa shape index (κ2) is 5.73. The lowest BCUT2D eigenvalue weighted by Gasteiger charge is -2.20. The molecule has 2 N–H and O–H groups in total. The highest BCUT2D eigenvalue weighted by Crippen LogP contribution is 2.17. The largest absolute Gasteiger partial charge is 0.369 e. The summed E-state index contributed by atoms with van der Waals surface area (Å²) in [6.07, 6.45) is 4.77. The predicted molar refractivity (Wildman–Crippen MR) is 56.9 cm³/mol. The van der Waals surface area contributed by atoms with Gasteiger partial charge in [0.2, 0.25) is 0 Å². The molecule has 0 aliphatic rings. The number of hydrogen-bond acceptors (Lipinski definition) is 3. The highest BCUT2D eigenvalue weighted by atomic mass is 16.5. The first kappa shape index (κ1) is 11.1. The Bertz CT molecular complexity index is 251. The van der Waals surface area contributed by atoms with E-state index in [1.165, 1.54) is 0 Å². The van der Waals surface area contributed by atoms with Gasteiger partial charge >= 0.3 is 0 Å². The van der Waals surface area contributed by atoms with Gasteiger partial charge in [0.15, 0.2) is 0 Å². The number of nitrogens with zero attached hydrogens (tertiary/aromatic N) is 1. The standard InChI is InChI=1S/C11H18N2O/c1-3-9(2)14-11(8-12)10-4-6-13-7-5-10/h4-7,9,11H,3,8,12H2,1-2H3. The second-order valence-corrected chi connectivity index (χ2v) is 3.36. The molecule has 0 radical (unpaired) electrons. The van der Waals surface area contributed by atoms with Gasteiger partial charge in [0.1, 0.15) is 0 Å². The van der Waals surface area contributed by atoms with Crippen molar-refractivity contribution >= 4 is 0 Å². The molecule has 0 aromatic carbocycles. The van der Waals surface area contributed by atoms with Gasteiger partial charge in [0.05, 0.1) is 12.2 Å². The summed E-state index contributed by atoms with van der Waals surface area (Å²) < 4.78 is 5.78. The first-order valence-electron chi connectivity index (χ1n) is 5.03. The lowest BCUT2D eigenvalue weighted by atomic mass is 10.1. The van der Waals surface area contributed by atoms with Crippen molar-refractivity contribution in [1.29, 1.82) is 0 Å². The summed E-state index contributed by atoms with van der Waals surface area (Å²) in [5.74, 6) is 0. The van der Waals surface area contributed by atoms with Gasteiger partial charge in [-0.1, -0.05) is 6.92 Å². The number of rotatable bonds is 5. The molecule has 3 heteroatoms. The van der Waals surface area contributed by atoms with Gasteiger partial charge in [-0.2, -0.15) is 0 Å². The molecule has 1 aromatic heterocycles. The summed E-state index contributed by atoms with van der Waals surface area (Å²) in [7, 11) is 0. The van der Waals surface area contributed by atoms with Gasteiger partial charge in [0, 0.05) is 18.9 Å². The van der Waals surface area contributed by atoms with Crippen molar-refractivity contribution in [3.05, 3.63) is 30.1 Å². The van der Waals surface area contributed by atoms with Gasteiger partial charge in [0.25, 0.3) is 0 Å². The van der Waals surface area contributed by atoms with Crippen molar-refractivity contribution in [3.63, 3.8) is 0 Å². The molecule has 3 nitrogen and oxygen atoms in total. The summed E-state index contributed by atoms with van der Waals surface area (Å²) in [4.78, 5) is 3.97. The van der Waals surface area contributed by atoms with Gasteiger partial charge in [-0.3, -0.25) is 4.98 Å². The molecule has 0 aliphatic heterocycles. The molecule has 0 amide bonds. The zero-order valence-corrected chi connectivity index (χ0v) is 8.81. The SMILES string of the molecule is CCC(C)OC(CN)c1ccncc1. The molecule has 2 unspecified atom stereocenters. The minimum Gasteiger partial charge on any atom is -0.369 e. The van der Waals surface area contributed by atoms with E-state index in [2.05, 4.69) is 18.8 Å². The van der Waals surface area contributed by atoms with Crippen molar-refractivity contribution in [2.45, 2.75) is 32.5 Å². The Balaban J connectivity index is 2.63. The van der Waals surface area contributed by atoms with Crippen molar-refractivity contribution in [1.82, 2.24) is 4.98 Å². The summed E-state index contributed by atoms with van der Waals surface area (Å²) >= 11 is 0. The molecule has 0 aliphatic carbocycles. The maximum absolute atomic E-state index is 5.78. The normalized spacial score (nSPS) is 15.1. The Labute approximate surface area is 85.3 Å². The number of pyridine rings is 1. The molecule has 2 atom stereocenters. The monoisotopic (exact) mass is 194 g/mol. The minimum atomic E-state index is -0.00653. The fourth-order valence-corrected chi connectivity index (χ4v) is 1.22. The van der Waals surface area contributed by atoms with E-state index in [9.17, 15) is 0 Å². The first-order valence-corrected chi connectivity index (χ1v) is 5.03. The van der Waals surface area contributed by atoms with Crippen LogP contribution in [0.25, 0.3) is 0 Å². The van der Waals surface area contributed by atoms with E-state index in [-0.39, 0.29) is 12.2 Å². The number of aromatic nitrogens is 1. The van der Waals surface area contributed by atoms with E-state index < -0.39 is 0 Å². The summed E-state index contributed by atoms with van der Waals surface area (Å²) in [5.41, 5.74) is 6.76. The van der Waals surface area contributed by atoms with E-state index in [1.807, 2.05) is 12.1 Å². The highest BCUT2D eigenvalue weighted by Gasteiger charge is 2.12. The number of nitrogens with two attached hydrogens (primary N) is 1. The minimum absolute atomic E-state index is 0.00653. The summed E-state index contributed by atoms with van der Waals surface area (Å²) in [6.45, 7) is 4.67. The van der Waals surface area contributed by atoms with Crippen LogP contribution in [-0.4, -0.2) is 17.6 Å². The van der Waals surface area contributed by atoms with Crippen LogP contribution in [-0.2, 0) is 4.74 Å². The quantitative estimate of drug-likeness (QED) is 0.778. The smallest absolute Gasteiger partial charge is 0.0951 e. The van der Waals surface area contributed by atoms with Crippen LogP contribution >= 0.6 is 0 Å². The van der Waals surface area contributed by atoms with E-state index >= 15 is 0 Å². The Kier molecular flexibility index (Phi) is 4.56. The average molecular weight is 194 g/mol. The molecule has 0 fully saturated rings. The first-order chi connectivity index (χ1) is 6.77. The van der Waals surface area contributed by atoms with Crippen LogP contribution in [0, 0.1) is 0 Å². The molecular weight excluding hydrogens is 176 g/mol. The molecule has 1 aromatic rings. The zero-order chi connectivity index (χ0) is 10.4. The number of hydrogen-bond donors (Lipinski definition) is 1. The summed E-state index contributed by atoms with van der Waals surface area (Å²) in [6, 6.07) is 3.89. The van der Waals surface area contributed by atoms with Crippen LogP contribution in [0.4, 0.5) is 0 Å². The van der Waals surface area contributed by atoms with Crippen LogP contribution < -0.4 is 5.73 Å². The Morgan fingerprint density at radius 2 is 2.07 bits per heavy atom. The van der Waals surface area contributed by atoms with Crippen LogP contribution in [0.2, 0.25) is 0 Å². The Morgan fingerprint density at radius 1 is 1.43 bits per heavy atom. The maximum atomic E-state index is 5.78. The van der Waals surface area contributed by atoms with Crippen LogP contribution in [0.15, 0.2) is 24.5 Å². The Morgan fingerprint density at radius 3 is 2.57 bits per heavy atom. The van der Waals surface area contributed by atoms with Crippen molar-refractivity contribution in [2.75, 3.05) is 6.54 Å². The molecule has 14 heavy (non-hydrogen) atoms. The molecule has 78 valence electrons. The average Bonchev–Trinajstić information content (AvgIpc) is 2.26. The lowest BCUT2D eigenvalue weighted by molar-refractivity contribution is -0.0000656. The van der Waals surface area contributed by atoms with Gasteiger partial charge < -0.3 is 10.5 Å². The van der Waals surface area contributed by atoms with Crippen molar-refractivity contribution < 1.29 is 4.74 Å². The topological polar surface area (TPSA) is 48.1 Å². The Hall–Kier alpha value is -0.930. The molecule has 0 bridgehead atoms. The third-order valence-electron chi connectivity index (χ3n) is 2.26. The fourth-order valence-electron chi connectivity index (χ4n) is 1.22. The van der Waals surface area contributed by atoms with Crippen LogP contribution in [0.1, 0.15) is 31.9 Å². The van der Waals surface area contributed by atoms with E-state index in [1.54, 1.807) is 12.4 Å². The van der Waals surface area contributed by atoms with E-state index in [0.717, 1.165) is 12.0 Å². The second-order valence-electron chi connectivity index (χ2n) is 3.36. The molecule has 0 spiro atoms. The van der Waals surface area contributed by atoms with Crippen LogP contribution in [0.3, 0.4) is 0 Å². The van der Waals surface area contributed by atoms with Crippen LogP contribution in [0.5, 0.6) is 0 Å². The molecule has 1 heterocycles. The highest BCUT2D eigenvalue weighted by molar-refractivity contribution is 5.13. The third-order valence-corrected chi connectivity index (χ3v) is 2.26. The lowest BCUT2D eigenvalue weighted by Crippen LogP contribution is -2.20. The zero-order valence-electron chi connectivity index (χ0n) is 8.81. The third kappa shape index (κ3) is 3.09. The van der Waals surface area contributed by atoms with Gasteiger partial charge in [-0.05, 0) is 31.0 Å². The maximum Gasteiger partial charge on any atom is 0.0951 e. The molecule has 0 saturated carbocycles. The van der Waals surface area contributed by atoms with Crippen molar-refractivity contribution in [3.8, 4) is 0 Å². The van der Waals surface area contributed by atoms with Gasteiger partial charge in [-0.15, -0.1) is 0 Å². The molecule has 1 rings (SSSR count). The fraction of sp³-hybridized carbons (Fsp3) is 0.545.